The van der Waals surface area contributed by atoms with E-state index in [-0.39, 0.29) is 42.8 Å². The molecule has 2 heterocycles. The summed E-state index contributed by atoms with van der Waals surface area (Å²) in [6.07, 6.45) is 0.380. The molecule has 33 heavy (non-hydrogen) atoms. The van der Waals surface area contributed by atoms with Gasteiger partial charge >= 0.3 is 6.09 Å². The van der Waals surface area contributed by atoms with E-state index >= 15 is 0 Å². The van der Waals surface area contributed by atoms with E-state index in [1.54, 1.807) is 18.2 Å². The Hall–Kier alpha value is -4.28. The quantitative estimate of drug-likeness (QED) is 0.401. The van der Waals surface area contributed by atoms with Crippen molar-refractivity contribution in [1.82, 2.24) is 15.5 Å². The zero-order valence-corrected chi connectivity index (χ0v) is 17.4. The zero-order chi connectivity index (χ0) is 23.5. The molecule has 0 radical (unpaired) electrons. The van der Waals surface area contributed by atoms with Crippen LogP contribution in [0.5, 0.6) is 5.75 Å². The third-order valence-electron chi connectivity index (χ3n) is 5.60. The van der Waals surface area contributed by atoms with Gasteiger partial charge in [0.2, 0.25) is 11.8 Å². The first-order chi connectivity index (χ1) is 15.8. The standard InChI is InChI=1S/C22H20N4O7/c27-19-6-2-5-18(20(28)24-19)25-12-17-13(3-1-4-16(17)21(25)29)11-23-22(30)33-15-9-7-14(8-10-15)26(31)32/h1,3-4,7-10,18H,2,5-6,11-12H2,(H,23,30)(H,24,27,28)/t18-/m0/s1. The molecule has 2 aliphatic rings. The molecule has 1 atom stereocenters. The number of nitro benzene ring substituents is 1. The smallest absolute Gasteiger partial charge is 0.410 e. The van der Waals surface area contributed by atoms with Crippen LogP contribution in [0.15, 0.2) is 42.5 Å². The maximum absolute atomic E-state index is 12.9. The van der Waals surface area contributed by atoms with Gasteiger partial charge in [0.1, 0.15) is 11.8 Å². The van der Waals surface area contributed by atoms with Gasteiger partial charge in [-0.3, -0.25) is 29.8 Å². The number of ether oxygens (including phenoxy) is 1. The van der Waals surface area contributed by atoms with Crippen LogP contribution in [0.2, 0.25) is 0 Å². The Bertz CT molecular complexity index is 1150. The molecule has 170 valence electrons. The number of benzene rings is 2. The van der Waals surface area contributed by atoms with Crippen LogP contribution in [0.3, 0.4) is 0 Å². The lowest BCUT2D eigenvalue weighted by atomic mass is 10.0. The van der Waals surface area contributed by atoms with Gasteiger partial charge in [-0.25, -0.2) is 4.79 Å². The highest BCUT2D eigenvalue weighted by molar-refractivity contribution is 6.04. The van der Waals surface area contributed by atoms with E-state index < -0.39 is 23.0 Å². The maximum atomic E-state index is 12.9. The Labute approximate surface area is 187 Å². The van der Waals surface area contributed by atoms with Gasteiger partial charge in [0.25, 0.3) is 11.6 Å². The number of hydrogen-bond acceptors (Lipinski definition) is 7. The van der Waals surface area contributed by atoms with Crippen molar-refractivity contribution in [1.29, 1.82) is 0 Å². The van der Waals surface area contributed by atoms with Gasteiger partial charge in [-0.05, 0) is 42.2 Å². The van der Waals surface area contributed by atoms with Gasteiger partial charge in [-0.1, -0.05) is 12.1 Å². The number of nitrogens with zero attached hydrogens (tertiary/aromatic N) is 2. The van der Waals surface area contributed by atoms with Gasteiger partial charge in [0.15, 0.2) is 0 Å². The van der Waals surface area contributed by atoms with Crippen molar-refractivity contribution in [3.8, 4) is 5.75 Å². The molecular formula is C22H20N4O7. The van der Waals surface area contributed by atoms with E-state index in [0.29, 0.717) is 29.5 Å². The van der Waals surface area contributed by atoms with Crippen molar-refractivity contribution in [2.24, 2.45) is 0 Å². The van der Waals surface area contributed by atoms with E-state index in [0.717, 1.165) is 0 Å². The largest absolute Gasteiger partial charge is 0.412 e. The van der Waals surface area contributed by atoms with Gasteiger partial charge in [-0.2, -0.15) is 0 Å². The fraction of sp³-hybridized carbons (Fsp3) is 0.273. The summed E-state index contributed by atoms with van der Waals surface area (Å²) < 4.78 is 5.13. The highest BCUT2D eigenvalue weighted by Gasteiger charge is 2.38. The highest BCUT2D eigenvalue weighted by atomic mass is 16.6. The third-order valence-corrected chi connectivity index (χ3v) is 5.60. The second-order valence-electron chi connectivity index (χ2n) is 7.69. The Kier molecular flexibility index (Phi) is 6.03. The second kappa shape index (κ2) is 9.07. The molecule has 0 aromatic heterocycles. The van der Waals surface area contributed by atoms with Crippen molar-refractivity contribution in [3.63, 3.8) is 0 Å². The van der Waals surface area contributed by atoms with E-state index in [4.69, 9.17) is 4.74 Å². The molecule has 2 aliphatic heterocycles. The third kappa shape index (κ3) is 4.66. The SMILES string of the molecule is O=C1CCC[C@H](N2Cc3c(CNC(=O)Oc4ccc([N+](=O)[O-])cc4)cccc3C2=O)C(=O)N1. The number of fused-ring (bicyclic) bond motifs is 1. The van der Waals surface area contributed by atoms with Crippen LogP contribution in [-0.2, 0) is 22.7 Å². The summed E-state index contributed by atoms with van der Waals surface area (Å²) in [7, 11) is 0. The van der Waals surface area contributed by atoms with Crippen LogP contribution in [0.25, 0.3) is 0 Å². The zero-order valence-electron chi connectivity index (χ0n) is 17.4. The second-order valence-corrected chi connectivity index (χ2v) is 7.69. The van der Waals surface area contributed by atoms with Crippen molar-refractivity contribution in [3.05, 3.63) is 69.3 Å². The van der Waals surface area contributed by atoms with Crippen molar-refractivity contribution >= 4 is 29.5 Å². The first-order valence-corrected chi connectivity index (χ1v) is 10.3. The highest BCUT2D eigenvalue weighted by Crippen LogP contribution is 2.30. The molecule has 0 saturated carbocycles. The van der Waals surface area contributed by atoms with Gasteiger partial charge in [0, 0.05) is 37.2 Å². The molecular weight excluding hydrogens is 432 g/mol. The van der Waals surface area contributed by atoms with E-state index in [1.807, 2.05) is 0 Å². The van der Waals surface area contributed by atoms with Gasteiger partial charge in [0.05, 0.1) is 4.92 Å². The summed E-state index contributed by atoms with van der Waals surface area (Å²) in [5.74, 6) is -0.977. The minimum Gasteiger partial charge on any atom is -0.410 e. The Balaban J connectivity index is 1.42. The van der Waals surface area contributed by atoms with Crippen LogP contribution < -0.4 is 15.4 Å². The Morgan fingerprint density at radius 2 is 1.94 bits per heavy atom. The molecule has 2 N–H and O–H groups in total. The topological polar surface area (TPSA) is 148 Å². The van der Waals surface area contributed by atoms with Crippen LogP contribution in [0.1, 0.15) is 40.7 Å². The number of hydrogen-bond donors (Lipinski definition) is 2. The fourth-order valence-electron chi connectivity index (χ4n) is 3.95. The van der Waals surface area contributed by atoms with Crippen LogP contribution in [0, 0.1) is 10.1 Å². The van der Waals surface area contributed by atoms with Crippen molar-refractivity contribution in [2.75, 3.05) is 0 Å². The van der Waals surface area contributed by atoms with Crippen molar-refractivity contribution < 1.29 is 28.8 Å². The number of nitrogens with one attached hydrogen (secondary N) is 2. The lowest BCUT2D eigenvalue weighted by molar-refractivity contribution is -0.384. The summed E-state index contributed by atoms with van der Waals surface area (Å²) in [6.45, 7) is 0.265. The lowest BCUT2D eigenvalue weighted by Crippen LogP contribution is -2.47. The lowest BCUT2D eigenvalue weighted by Gasteiger charge is -2.24. The summed E-state index contributed by atoms with van der Waals surface area (Å²) in [6, 6.07) is 9.47. The minimum atomic E-state index is -0.760. The monoisotopic (exact) mass is 452 g/mol. The summed E-state index contributed by atoms with van der Waals surface area (Å²) in [5.41, 5.74) is 1.71. The van der Waals surface area contributed by atoms with Crippen molar-refractivity contribution in [2.45, 2.75) is 38.4 Å². The van der Waals surface area contributed by atoms with Crippen LogP contribution in [-0.4, -0.2) is 39.7 Å². The Morgan fingerprint density at radius 3 is 2.67 bits per heavy atom. The number of imide groups is 1. The predicted octanol–water partition coefficient (Wildman–Crippen LogP) is 2.03. The van der Waals surface area contributed by atoms with Crippen LogP contribution in [0.4, 0.5) is 10.5 Å². The molecule has 1 fully saturated rings. The summed E-state index contributed by atoms with van der Waals surface area (Å²) in [5, 5.41) is 15.6. The summed E-state index contributed by atoms with van der Waals surface area (Å²) >= 11 is 0. The number of carbonyl (C=O) groups excluding carboxylic acids is 4. The van der Waals surface area contributed by atoms with E-state index in [9.17, 15) is 29.3 Å². The molecule has 11 nitrogen and oxygen atoms in total. The first kappa shape index (κ1) is 21.9. The molecule has 4 rings (SSSR count). The average Bonchev–Trinajstić information content (AvgIpc) is 3.02. The maximum Gasteiger partial charge on any atom is 0.412 e. The molecule has 2 aromatic carbocycles. The van der Waals surface area contributed by atoms with E-state index in [1.165, 1.54) is 29.2 Å². The first-order valence-electron chi connectivity index (χ1n) is 10.3. The number of nitro groups is 1. The Morgan fingerprint density at radius 1 is 1.18 bits per heavy atom. The molecule has 0 bridgehead atoms. The normalized spacial score (nSPS) is 17.8. The fourth-order valence-corrected chi connectivity index (χ4v) is 3.95. The minimum absolute atomic E-state index is 0.0749. The number of carbonyl (C=O) groups is 4. The number of rotatable bonds is 5. The molecule has 0 aliphatic carbocycles. The average molecular weight is 452 g/mol. The number of non-ortho nitro benzene ring substituents is 1. The molecule has 11 heteroatoms. The predicted molar refractivity (Wildman–Crippen MR) is 113 cm³/mol. The molecule has 2 aromatic rings. The number of amides is 4. The molecule has 4 amide bonds. The molecule has 1 saturated heterocycles. The van der Waals surface area contributed by atoms with Gasteiger partial charge < -0.3 is 15.0 Å². The van der Waals surface area contributed by atoms with E-state index in [2.05, 4.69) is 10.6 Å². The summed E-state index contributed by atoms with van der Waals surface area (Å²) in [4.78, 5) is 60.7. The van der Waals surface area contributed by atoms with Gasteiger partial charge in [-0.15, -0.1) is 0 Å². The molecule has 0 unspecified atom stereocenters. The van der Waals surface area contributed by atoms with Crippen LogP contribution >= 0.6 is 0 Å². The molecule has 0 spiro atoms.